The Morgan fingerprint density at radius 2 is 1.76 bits per heavy atom. The van der Waals surface area contributed by atoms with E-state index < -0.39 is 0 Å². The van der Waals surface area contributed by atoms with Gasteiger partial charge in [0.25, 0.3) is 0 Å². The van der Waals surface area contributed by atoms with Gasteiger partial charge in [0.15, 0.2) is 0 Å². The van der Waals surface area contributed by atoms with Crippen LogP contribution in [0.15, 0.2) is 24.3 Å². The molecule has 21 heavy (non-hydrogen) atoms. The highest BCUT2D eigenvalue weighted by Gasteiger charge is 2.19. The summed E-state index contributed by atoms with van der Waals surface area (Å²) in [6.45, 7) is 12.0. The molecule has 1 aromatic rings. The van der Waals surface area contributed by atoms with E-state index in [2.05, 4.69) is 64.2 Å². The molecule has 0 aliphatic rings. The van der Waals surface area contributed by atoms with Crippen molar-refractivity contribution >= 4 is 0 Å². The van der Waals surface area contributed by atoms with Gasteiger partial charge in [-0.1, -0.05) is 43.7 Å². The Morgan fingerprint density at radius 3 is 2.29 bits per heavy atom. The van der Waals surface area contributed by atoms with E-state index in [9.17, 15) is 0 Å². The summed E-state index contributed by atoms with van der Waals surface area (Å²) < 4.78 is 5.56. The third kappa shape index (κ3) is 7.63. The number of rotatable bonds is 9. The van der Waals surface area contributed by atoms with Gasteiger partial charge in [-0.3, -0.25) is 0 Å². The Morgan fingerprint density at radius 1 is 1.14 bits per heavy atom. The maximum atomic E-state index is 5.56. The van der Waals surface area contributed by atoms with Crippen molar-refractivity contribution in [3.8, 4) is 0 Å². The van der Waals surface area contributed by atoms with Crippen molar-refractivity contribution in [3.63, 3.8) is 0 Å². The topological polar surface area (TPSA) is 21.3 Å². The first kappa shape index (κ1) is 18.2. The smallest absolute Gasteiger partial charge is 0.0622 e. The fraction of sp³-hybridized carbons (Fsp3) is 0.684. The molecule has 0 aromatic heterocycles. The molecule has 0 bridgehead atoms. The van der Waals surface area contributed by atoms with E-state index in [1.807, 2.05) is 0 Å². The van der Waals surface area contributed by atoms with E-state index in [0.29, 0.717) is 12.0 Å². The van der Waals surface area contributed by atoms with Gasteiger partial charge in [0.05, 0.1) is 5.60 Å². The van der Waals surface area contributed by atoms with Crippen LogP contribution < -0.4 is 5.32 Å². The van der Waals surface area contributed by atoms with Gasteiger partial charge in [-0.2, -0.15) is 0 Å². The third-order valence-corrected chi connectivity index (χ3v) is 4.17. The number of methoxy groups -OCH3 is 1. The Bertz CT molecular complexity index is 395. The van der Waals surface area contributed by atoms with Crippen LogP contribution in [-0.4, -0.2) is 25.3 Å². The molecule has 0 aliphatic heterocycles. The highest BCUT2D eigenvalue weighted by atomic mass is 16.5. The largest absolute Gasteiger partial charge is 0.379 e. The molecule has 0 saturated heterocycles. The van der Waals surface area contributed by atoms with Crippen LogP contribution in [0.4, 0.5) is 0 Å². The monoisotopic (exact) mass is 291 g/mol. The standard InChI is InChI=1S/C19H33NO/c1-15(2)20-14-18(11-12-19(4,5)21-6)13-17-9-7-16(3)8-10-17/h7-10,15,18,20H,11-14H2,1-6H3. The SMILES string of the molecule is COC(C)(C)CCC(CNC(C)C)Cc1ccc(C)cc1. The van der Waals surface area contributed by atoms with Gasteiger partial charge in [0.1, 0.15) is 0 Å². The molecule has 1 N–H and O–H groups in total. The zero-order valence-electron chi connectivity index (χ0n) is 14.7. The maximum Gasteiger partial charge on any atom is 0.0622 e. The molecule has 1 unspecified atom stereocenters. The predicted molar refractivity (Wildman–Crippen MR) is 91.8 cm³/mol. The van der Waals surface area contributed by atoms with Crippen molar-refractivity contribution in [3.05, 3.63) is 35.4 Å². The molecule has 1 aromatic carbocycles. The second-order valence-electron chi connectivity index (χ2n) is 7.12. The van der Waals surface area contributed by atoms with Gasteiger partial charge in [-0.05, 0) is 58.1 Å². The van der Waals surface area contributed by atoms with Gasteiger partial charge < -0.3 is 10.1 Å². The molecule has 1 rings (SSSR count). The van der Waals surface area contributed by atoms with E-state index in [1.165, 1.54) is 17.5 Å². The molecule has 0 spiro atoms. The normalized spacial score (nSPS) is 13.7. The van der Waals surface area contributed by atoms with E-state index in [-0.39, 0.29) is 5.60 Å². The fourth-order valence-corrected chi connectivity index (χ4v) is 2.39. The first-order valence-electron chi connectivity index (χ1n) is 8.16. The molecular formula is C19H33NO. The van der Waals surface area contributed by atoms with Crippen molar-refractivity contribution in [2.75, 3.05) is 13.7 Å². The second-order valence-corrected chi connectivity index (χ2v) is 7.12. The number of hydrogen-bond acceptors (Lipinski definition) is 2. The van der Waals surface area contributed by atoms with Crippen LogP contribution in [0, 0.1) is 12.8 Å². The van der Waals surface area contributed by atoms with Crippen molar-refractivity contribution in [2.24, 2.45) is 5.92 Å². The minimum Gasteiger partial charge on any atom is -0.379 e. The van der Waals surface area contributed by atoms with Crippen LogP contribution in [0.25, 0.3) is 0 Å². The van der Waals surface area contributed by atoms with Crippen molar-refractivity contribution in [2.45, 2.75) is 65.5 Å². The van der Waals surface area contributed by atoms with E-state index in [1.54, 1.807) is 7.11 Å². The van der Waals surface area contributed by atoms with E-state index in [0.717, 1.165) is 19.4 Å². The van der Waals surface area contributed by atoms with E-state index in [4.69, 9.17) is 4.74 Å². The van der Waals surface area contributed by atoms with Crippen LogP contribution in [-0.2, 0) is 11.2 Å². The van der Waals surface area contributed by atoms with Crippen molar-refractivity contribution < 1.29 is 4.74 Å². The second kappa shape index (κ2) is 8.55. The summed E-state index contributed by atoms with van der Waals surface area (Å²) in [6.07, 6.45) is 3.42. The number of aryl methyl sites for hydroxylation is 1. The lowest BCUT2D eigenvalue weighted by Gasteiger charge is -2.26. The number of ether oxygens (including phenoxy) is 1. The number of hydrogen-bond donors (Lipinski definition) is 1. The molecule has 0 fully saturated rings. The molecule has 120 valence electrons. The van der Waals surface area contributed by atoms with Crippen LogP contribution in [0.2, 0.25) is 0 Å². The molecule has 0 amide bonds. The van der Waals surface area contributed by atoms with Crippen LogP contribution in [0.5, 0.6) is 0 Å². The Balaban J connectivity index is 2.60. The lowest BCUT2D eigenvalue weighted by Crippen LogP contribution is -2.32. The van der Waals surface area contributed by atoms with Crippen LogP contribution >= 0.6 is 0 Å². The minimum atomic E-state index is -0.0244. The molecule has 0 saturated carbocycles. The highest BCUT2D eigenvalue weighted by molar-refractivity contribution is 5.21. The molecular weight excluding hydrogens is 258 g/mol. The van der Waals surface area contributed by atoms with E-state index >= 15 is 0 Å². The van der Waals surface area contributed by atoms with Crippen molar-refractivity contribution in [1.82, 2.24) is 5.32 Å². The minimum absolute atomic E-state index is 0.0244. The van der Waals surface area contributed by atoms with Crippen molar-refractivity contribution in [1.29, 1.82) is 0 Å². The molecule has 0 aliphatic carbocycles. The lowest BCUT2D eigenvalue weighted by atomic mass is 9.89. The molecule has 1 atom stereocenters. The summed E-state index contributed by atoms with van der Waals surface area (Å²) in [6, 6.07) is 9.49. The van der Waals surface area contributed by atoms with Gasteiger partial charge in [-0.25, -0.2) is 0 Å². The summed E-state index contributed by atoms with van der Waals surface area (Å²) in [7, 11) is 1.81. The predicted octanol–water partition coefficient (Wildman–Crippen LogP) is 4.36. The number of nitrogens with one attached hydrogen (secondary N) is 1. The first-order chi connectivity index (χ1) is 9.82. The number of benzene rings is 1. The Kier molecular flexibility index (Phi) is 7.41. The zero-order chi connectivity index (χ0) is 15.9. The maximum absolute atomic E-state index is 5.56. The summed E-state index contributed by atoms with van der Waals surface area (Å²) in [5.74, 6) is 0.657. The summed E-state index contributed by atoms with van der Waals surface area (Å²) in [5.41, 5.74) is 2.74. The Hall–Kier alpha value is -0.860. The molecule has 0 heterocycles. The van der Waals surface area contributed by atoms with Crippen LogP contribution in [0.1, 0.15) is 51.7 Å². The highest BCUT2D eigenvalue weighted by Crippen LogP contribution is 2.22. The fourth-order valence-electron chi connectivity index (χ4n) is 2.39. The Labute approximate surface area is 131 Å². The average Bonchev–Trinajstić information content (AvgIpc) is 2.44. The molecule has 2 heteroatoms. The van der Waals surface area contributed by atoms with Gasteiger partial charge >= 0.3 is 0 Å². The van der Waals surface area contributed by atoms with Gasteiger partial charge in [0, 0.05) is 13.2 Å². The average molecular weight is 291 g/mol. The first-order valence-corrected chi connectivity index (χ1v) is 8.16. The summed E-state index contributed by atoms with van der Waals surface area (Å²) in [4.78, 5) is 0. The summed E-state index contributed by atoms with van der Waals surface area (Å²) >= 11 is 0. The molecule has 2 nitrogen and oxygen atoms in total. The third-order valence-electron chi connectivity index (χ3n) is 4.17. The quantitative estimate of drug-likeness (QED) is 0.730. The lowest BCUT2D eigenvalue weighted by molar-refractivity contribution is 0.0103. The molecule has 0 radical (unpaired) electrons. The van der Waals surface area contributed by atoms with Crippen LogP contribution in [0.3, 0.4) is 0 Å². The zero-order valence-corrected chi connectivity index (χ0v) is 14.7. The van der Waals surface area contributed by atoms with Gasteiger partial charge in [0.2, 0.25) is 0 Å². The summed E-state index contributed by atoms with van der Waals surface area (Å²) in [5, 5.41) is 3.59. The van der Waals surface area contributed by atoms with Gasteiger partial charge in [-0.15, -0.1) is 0 Å².